The highest BCUT2D eigenvalue weighted by atomic mass is 35.5. The number of aromatic nitrogens is 2. The molecule has 0 saturated carbocycles. The van der Waals surface area contributed by atoms with Crippen molar-refractivity contribution < 1.29 is 0 Å². The van der Waals surface area contributed by atoms with E-state index in [1.54, 1.807) is 12.2 Å². The number of hydrogen-bond donors (Lipinski definition) is 2. The molecule has 3 nitrogen and oxygen atoms in total. The third-order valence-electron chi connectivity index (χ3n) is 1.26. The highest BCUT2D eigenvalue weighted by Crippen LogP contribution is 2.23. The first-order chi connectivity index (χ1) is 6.15. The van der Waals surface area contributed by atoms with Crippen LogP contribution in [0.4, 0.5) is 5.95 Å². The van der Waals surface area contributed by atoms with Gasteiger partial charge in [0, 0.05) is 11.3 Å². The van der Waals surface area contributed by atoms with Crippen molar-refractivity contribution in [1.29, 1.82) is 0 Å². The average Bonchev–Trinajstić information content (AvgIpc) is 2.02. The van der Waals surface area contributed by atoms with Gasteiger partial charge in [0.2, 0.25) is 5.95 Å². The van der Waals surface area contributed by atoms with Gasteiger partial charge < -0.3 is 5.73 Å². The van der Waals surface area contributed by atoms with Crippen LogP contribution in [-0.4, -0.2) is 15.7 Å². The molecular formula is C7H7Cl2N3S. The molecule has 13 heavy (non-hydrogen) atoms. The van der Waals surface area contributed by atoms with Crippen LogP contribution in [0.15, 0.2) is 6.08 Å². The molecule has 0 unspecified atom stereocenters. The Labute approximate surface area is 91.4 Å². The van der Waals surface area contributed by atoms with E-state index < -0.39 is 0 Å². The summed E-state index contributed by atoms with van der Waals surface area (Å²) < 4.78 is 0. The van der Waals surface area contributed by atoms with E-state index in [2.05, 4.69) is 22.6 Å². The van der Waals surface area contributed by atoms with Crippen molar-refractivity contribution in [2.24, 2.45) is 0 Å². The molecule has 0 aromatic carbocycles. The Balaban J connectivity index is 3.13. The minimum atomic E-state index is 0.0676. The normalized spacial score (nSPS) is 11.0. The van der Waals surface area contributed by atoms with Gasteiger partial charge in [0.05, 0.1) is 0 Å². The predicted molar refractivity (Wildman–Crippen MR) is 59.4 cm³/mol. The molecule has 0 aliphatic heterocycles. The van der Waals surface area contributed by atoms with E-state index in [0.29, 0.717) is 11.3 Å². The van der Waals surface area contributed by atoms with Crippen molar-refractivity contribution in [2.45, 2.75) is 0 Å². The van der Waals surface area contributed by atoms with Gasteiger partial charge in [-0.3, -0.25) is 0 Å². The van der Waals surface area contributed by atoms with E-state index in [4.69, 9.17) is 28.9 Å². The van der Waals surface area contributed by atoms with Gasteiger partial charge in [-0.05, 0) is 0 Å². The molecule has 0 spiro atoms. The molecule has 1 aromatic rings. The smallest absolute Gasteiger partial charge is 0.222 e. The molecule has 6 heteroatoms. The van der Waals surface area contributed by atoms with Crippen molar-refractivity contribution in [3.8, 4) is 0 Å². The van der Waals surface area contributed by atoms with Gasteiger partial charge in [0.1, 0.15) is 10.3 Å². The third kappa shape index (κ3) is 2.76. The lowest BCUT2D eigenvalue weighted by atomic mass is 10.3. The van der Waals surface area contributed by atoms with Crippen LogP contribution in [0.2, 0.25) is 10.3 Å². The van der Waals surface area contributed by atoms with Crippen LogP contribution in [-0.2, 0) is 0 Å². The maximum absolute atomic E-state index is 5.78. The SMILES string of the molecule is Nc1nc(Cl)c(C=CCS)c(Cl)n1. The van der Waals surface area contributed by atoms with Crippen molar-refractivity contribution >= 4 is 47.9 Å². The fourth-order valence-electron chi connectivity index (χ4n) is 0.740. The van der Waals surface area contributed by atoms with Gasteiger partial charge in [0.25, 0.3) is 0 Å². The van der Waals surface area contributed by atoms with E-state index in [9.17, 15) is 0 Å². The zero-order valence-corrected chi connectivity index (χ0v) is 8.94. The number of nitrogens with zero attached hydrogens (tertiary/aromatic N) is 2. The lowest BCUT2D eigenvalue weighted by Gasteiger charge is -2.00. The minimum absolute atomic E-state index is 0.0676. The van der Waals surface area contributed by atoms with Crippen LogP contribution in [0.5, 0.6) is 0 Å². The third-order valence-corrected chi connectivity index (χ3v) is 2.05. The number of anilines is 1. The summed E-state index contributed by atoms with van der Waals surface area (Å²) in [4.78, 5) is 7.52. The van der Waals surface area contributed by atoms with E-state index >= 15 is 0 Å². The van der Waals surface area contributed by atoms with E-state index in [1.807, 2.05) is 0 Å². The van der Waals surface area contributed by atoms with Crippen LogP contribution < -0.4 is 5.73 Å². The molecule has 0 radical (unpaired) electrons. The zero-order chi connectivity index (χ0) is 9.84. The Morgan fingerprint density at radius 3 is 2.31 bits per heavy atom. The number of nitrogens with two attached hydrogens (primary N) is 1. The van der Waals surface area contributed by atoms with Crippen molar-refractivity contribution in [1.82, 2.24) is 9.97 Å². The Morgan fingerprint density at radius 1 is 1.31 bits per heavy atom. The van der Waals surface area contributed by atoms with Crippen molar-refractivity contribution in [3.05, 3.63) is 21.9 Å². The maximum Gasteiger partial charge on any atom is 0.222 e. The Bertz CT molecular complexity index is 318. The molecule has 0 aliphatic rings. The molecule has 0 bridgehead atoms. The summed E-state index contributed by atoms with van der Waals surface area (Å²) in [5.41, 5.74) is 5.89. The molecule has 0 saturated heterocycles. The molecule has 1 aromatic heterocycles. The van der Waals surface area contributed by atoms with Crippen molar-refractivity contribution in [3.63, 3.8) is 0 Å². The summed E-state index contributed by atoms with van der Waals surface area (Å²) in [7, 11) is 0. The summed E-state index contributed by atoms with van der Waals surface area (Å²) in [6, 6.07) is 0. The molecule has 70 valence electrons. The first kappa shape index (κ1) is 10.6. The van der Waals surface area contributed by atoms with Gasteiger partial charge in [-0.25, -0.2) is 9.97 Å². The first-order valence-electron chi connectivity index (χ1n) is 3.41. The Hall–Kier alpha value is -0.450. The van der Waals surface area contributed by atoms with Gasteiger partial charge in [0.15, 0.2) is 0 Å². The number of hydrogen-bond acceptors (Lipinski definition) is 4. The summed E-state index contributed by atoms with van der Waals surface area (Å²) >= 11 is 15.6. The van der Waals surface area contributed by atoms with E-state index in [0.717, 1.165) is 0 Å². The summed E-state index contributed by atoms with van der Waals surface area (Å²) in [6.45, 7) is 0. The van der Waals surface area contributed by atoms with Crippen LogP contribution in [0.25, 0.3) is 6.08 Å². The average molecular weight is 236 g/mol. The summed E-state index contributed by atoms with van der Waals surface area (Å²) in [5, 5.41) is 0.492. The largest absolute Gasteiger partial charge is 0.368 e. The molecule has 2 N–H and O–H groups in total. The maximum atomic E-state index is 5.78. The predicted octanol–water partition coefficient (Wildman–Crippen LogP) is 2.31. The lowest BCUT2D eigenvalue weighted by molar-refractivity contribution is 1.18. The summed E-state index contributed by atoms with van der Waals surface area (Å²) in [6.07, 6.45) is 3.49. The fraction of sp³-hybridized carbons (Fsp3) is 0.143. The molecule has 0 fully saturated rings. The molecule has 0 atom stereocenters. The number of halogens is 2. The van der Waals surface area contributed by atoms with Crippen LogP contribution in [0, 0.1) is 0 Å². The zero-order valence-electron chi connectivity index (χ0n) is 6.54. The summed E-state index contributed by atoms with van der Waals surface area (Å²) in [5.74, 6) is 0.662. The number of nitrogen functional groups attached to an aromatic ring is 1. The van der Waals surface area contributed by atoms with Gasteiger partial charge in [-0.1, -0.05) is 35.4 Å². The second-order valence-corrected chi connectivity index (χ2v) is 3.24. The monoisotopic (exact) mass is 235 g/mol. The highest BCUT2D eigenvalue weighted by molar-refractivity contribution is 7.80. The molecule has 0 amide bonds. The van der Waals surface area contributed by atoms with E-state index in [1.165, 1.54) is 0 Å². The van der Waals surface area contributed by atoms with Crippen molar-refractivity contribution in [2.75, 3.05) is 11.5 Å². The molecule has 1 rings (SSSR count). The molecular weight excluding hydrogens is 229 g/mol. The van der Waals surface area contributed by atoms with Gasteiger partial charge in [-0.2, -0.15) is 12.6 Å². The molecule has 0 aliphatic carbocycles. The van der Waals surface area contributed by atoms with Gasteiger partial charge in [-0.15, -0.1) is 0 Å². The topological polar surface area (TPSA) is 51.8 Å². The number of rotatable bonds is 2. The molecule has 1 heterocycles. The minimum Gasteiger partial charge on any atom is -0.368 e. The Kier molecular flexibility index (Phi) is 3.84. The second kappa shape index (κ2) is 4.69. The lowest BCUT2D eigenvalue weighted by Crippen LogP contribution is -1.97. The van der Waals surface area contributed by atoms with E-state index in [-0.39, 0.29) is 16.3 Å². The van der Waals surface area contributed by atoms with Crippen LogP contribution in [0.1, 0.15) is 5.56 Å². The first-order valence-corrected chi connectivity index (χ1v) is 4.80. The Morgan fingerprint density at radius 2 is 1.85 bits per heavy atom. The highest BCUT2D eigenvalue weighted by Gasteiger charge is 2.06. The quantitative estimate of drug-likeness (QED) is 0.612. The number of thiol groups is 1. The standard InChI is InChI=1S/C7H7Cl2N3S/c8-5-4(2-1-3-13)6(9)12-7(10)11-5/h1-2,13H,3H2,(H2,10,11,12). The van der Waals surface area contributed by atoms with Crippen LogP contribution in [0.3, 0.4) is 0 Å². The van der Waals surface area contributed by atoms with Crippen LogP contribution >= 0.6 is 35.8 Å². The fourth-order valence-corrected chi connectivity index (χ4v) is 1.37. The van der Waals surface area contributed by atoms with Gasteiger partial charge >= 0.3 is 0 Å². The second-order valence-electron chi connectivity index (χ2n) is 2.16.